The van der Waals surface area contributed by atoms with Crippen LogP contribution in [0, 0.1) is 11.6 Å². The third-order valence-corrected chi connectivity index (χ3v) is 7.25. The molecule has 2 fully saturated rings. The van der Waals surface area contributed by atoms with Gasteiger partial charge in [-0.05, 0) is 45.6 Å². The molecule has 1 unspecified atom stereocenters. The number of amides is 1. The fourth-order valence-corrected chi connectivity index (χ4v) is 5.10. The van der Waals surface area contributed by atoms with Crippen LogP contribution in [0.1, 0.15) is 35.3 Å². The summed E-state index contributed by atoms with van der Waals surface area (Å²) in [6, 6.07) is 6.12. The third-order valence-electron chi connectivity index (χ3n) is 7.25. The third kappa shape index (κ3) is 5.34. The summed E-state index contributed by atoms with van der Waals surface area (Å²) in [5.41, 5.74) is 1.22. The first-order valence-corrected chi connectivity index (χ1v) is 12.8. The number of morpholine rings is 1. The number of carbonyl (C=O) groups is 1. The zero-order valence-electron chi connectivity index (χ0n) is 21.8. The van der Waals surface area contributed by atoms with E-state index in [2.05, 4.69) is 10.2 Å². The van der Waals surface area contributed by atoms with Crippen LogP contribution in [0.5, 0.6) is 0 Å². The molecule has 4 heterocycles. The Morgan fingerprint density at radius 2 is 1.82 bits per heavy atom. The van der Waals surface area contributed by atoms with Crippen molar-refractivity contribution in [3.8, 4) is 0 Å². The number of likely N-dealkylation sites (N-methyl/N-ethyl adjacent to an activating group) is 1. The topological polar surface area (TPSA) is 82.4 Å². The summed E-state index contributed by atoms with van der Waals surface area (Å²) in [5, 5.41) is 3.11. The lowest BCUT2D eigenvalue weighted by Crippen LogP contribution is -2.38. The molecule has 0 spiro atoms. The molecule has 9 nitrogen and oxygen atoms in total. The standard InChI is InChI=1S/C27H32F2N6O3/c1-17(30-21-12-19(28)11-20(29)13-21)23-10-18(27(37)34-5-4-22(16-34)32(2)3)15-35-25(36)14-24(31-26(23)35)33-6-8-38-9-7-33/h10-15,17,22,30H,4-9,16H2,1-3H3/t17-,22?/m1/s1. The van der Waals surface area contributed by atoms with E-state index in [1.54, 1.807) is 17.9 Å². The fourth-order valence-electron chi connectivity index (χ4n) is 5.10. The number of pyridine rings is 1. The molecule has 2 aromatic heterocycles. The summed E-state index contributed by atoms with van der Waals surface area (Å²) in [6.45, 7) is 5.30. The lowest BCUT2D eigenvalue weighted by molar-refractivity contribution is 0.0782. The van der Waals surface area contributed by atoms with Crippen molar-refractivity contribution < 1.29 is 18.3 Å². The molecular formula is C27H32F2N6O3. The zero-order valence-corrected chi connectivity index (χ0v) is 21.8. The van der Waals surface area contributed by atoms with Crippen LogP contribution in [0.2, 0.25) is 0 Å². The summed E-state index contributed by atoms with van der Waals surface area (Å²) in [4.78, 5) is 37.5. The van der Waals surface area contributed by atoms with Gasteiger partial charge in [-0.1, -0.05) is 0 Å². The van der Waals surface area contributed by atoms with E-state index >= 15 is 0 Å². The molecule has 2 saturated heterocycles. The van der Waals surface area contributed by atoms with Gasteiger partial charge in [0, 0.05) is 61.8 Å². The number of carbonyl (C=O) groups excluding carboxylic acids is 1. The van der Waals surface area contributed by atoms with Crippen LogP contribution >= 0.6 is 0 Å². The van der Waals surface area contributed by atoms with Gasteiger partial charge in [0.05, 0.1) is 24.8 Å². The molecule has 202 valence electrons. The molecule has 1 N–H and O–H groups in total. The smallest absolute Gasteiger partial charge is 0.259 e. The van der Waals surface area contributed by atoms with Crippen molar-refractivity contribution >= 4 is 23.1 Å². The number of rotatable bonds is 6. The Morgan fingerprint density at radius 1 is 1.11 bits per heavy atom. The van der Waals surface area contributed by atoms with Crippen molar-refractivity contribution in [1.29, 1.82) is 0 Å². The van der Waals surface area contributed by atoms with E-state index in [0.29, 0.717) is 62.0 Å². The van der Waals surface area contributed by atoms with E-state index in [0.717, 1.165) is 12.5 Å². The number of ether oxygens (including phenoxy) is 1. The number of likely N-dealkylation sites (tertiary alicyclic amines) is 1. The molecule has 3 aromatic rings. The van der Waals surface area contributed by atoms with Gasteiger partial charge in [0.1, 0.15) is 23.1 Å². The lowest BCUT2D eigenvalue weighted by Gasteiger charge is -2.28. The summed E-state index contributed by atoms with van der Waals surface area (Å²) < 4.78 is 34.6. The molecule has 2 aliphatic heterocycles. The van der Waals surface area contributed by atoms with E-state index in [1.807, 2.05) is 19.0 Å². The second-order valence-corrected chi connectivity index (χ2v) is 10.1. The lowest BCUT2D eigenvalue weighted by atomic mass is 10.1. The van der Waals surface area contributed by atoms with Crippen LogP contribution in [0.25, 0.3) is 5.65 Å². The first-order chi connectivity index (χ1) is 18.2. The summed E-state index contributed by atoms with van der Waals surface area (Å²) >= 11 is 0. The molecule has 5 rings (SSSR count). The molecule has 11 heteroatoms. The predicted octanol–water partition coefficient (Wildman–Crippen LogP) is 2.76. The Labute approximate surface area is 219 Å². The number of halogens is 2. The van der Waals surface area contributed by atoms with Gasteiger partial charge >= 0.3 is 0 Å². The molecule has 0 radical (unpaired) electrons. The number of hydrogen-bond donors (Lipinski definition) is 1. The second-order valence-electron chi connectivity index (χ2n) is 10.1. The number of fused-ring (bicyclic) bond motifs is 1. The molecule has 2 aliphatic rings. The van der Waals surface area contributed by atoms with Crippen LogP contribution in [-0.2, 0) is 4.74 Å². The molecule has 1 amide bonds. The number of nitrogens with one attached hydrogen (secondary N) is 1. The molecular weight excluding hydrogens is 494 g/mol. The van der Waals surface area contributed by atoms with Crippen LogP contribution in [0.4, 0.5) is 20.3 Å². The Balaban J connectivity index is 1.58. The van der Waals surface area contributed by atoms with Crippen LogP contribution in [0.3, 0.4) is 0 Å². The summed E-state index contributed by atoms with van der Waals surface area (Å²) in [7, 11) is 3.99. The van der Waals surface area contributed by atoms with Gasteiger partial charge in [0.25, 0.3) is 11.5 Å². The molecule has 0 aliphatic carbocycles. The second kappa shape index (κ2) is 10.7. The summed E-state index contributed by atoms with van der Waals surface area (Å²) in [5.74, 6) is -1.06. The average Bonchev–Trinajstić information content (AvgIpc) is 3.38. The Bertz CT molecular complexity index is 1390. The Hall–Kier alpha value is -3.57. The van der Waals surface area contributed by atoms with E-state index < -0.39 is 17.7 Å². The van der Waals surface area contributed by atoms with Gasteiger partial charge < -0.3 is 24.8 Å². The largest absolute Gasteiger partial charge is 0.378 e. The maximum absolute atomic E-state index is 13.9. The van der Waals surface area contributed by atoms with Crippen molar-refractivity contribution in [2.24, 2.45) is 0 Å². The van der Waals surface area contributed by atoms with Crippen LogP contribution < -0.4 is 15.8 Å². The first-order valence-electron chi connectivity index (χ1n) is 12.8. The van der Waals surface area contributed by atoms with Gasteiger partial charge in [0.15, 0.2) is 0 Å². The van der Waals surface area contributed by atoms with Crippen molar-refractivity contribution in [1.82, 2.24) is 19.2 Å². The Morgan fingerprint density at radius 3 is 2.47 bits per heavy atom. The highest BCUT2D eigenvalue weighted by Gasteiger charge is 2.29. The van der Waals surface area contributed by atoms with Crippen molar-refractivity contribution in [2.45, 2.75) is 25.4 Å². The summed E-state index contributed by atoms with van der Waals surface area (Å²) in [6.07, 6.45) is 2.41. The number of aromatic nitrogens is 2. The normalized spacial score (nSPS) is 18.8. The minimum absolute atomic E-state index is 0.175. The van der Waals surface area contributed by atoms with E-state index in [-0.39, 0.29) is 23.2 Å². The van der Waals surface area contributed by atoms with E-state index in [1.165, 1.54) is 28.8 Å². The van der Waals surface area contributed by atoms with E-state index in [4.69, 9.17) is 9.72 Å². The Kier molecular flexibility index (Phi) is 7.31. The number of nitrogens with zero attached hydrogens (tertiary/aromatic N) is 5. The van der Waals surface area contributed by atoms with Crippen LogP contribution in [-0.4, -0.2) is 84.6 Å². The average molecular weight is 527 g/mol. The van der Waals surface area contributed by atoms with Crippen molar-refractivity contribution in [2.75, 3.05) is 63.7 Å². The monoisotopic (exact) mass is 526 g/mol. The van der Waals surface area contributed by atoms with Gasteiger partial charge in [-0.2, -0.15) is 0 Å². The number of benzene rings is 1. The van der Waals surface area contributed by atoms with Crippen molar-refractivity contribution in [3.05, 3.63) is 69.6 Å². The van der Waals surface area contributed by atoms with Gasteiger partial charge in [-0.25, -0.2) is 13.8 Å². The van der Waals surface area contributed by atoms with Gasteiger partial charge in [-0.15, -0.1) is 0 Å². The molecule has 0 bridgehead atoms. The highest BCUT2D eigenvalue weighted by atomic mass is 19.1. The fraction of sp³-hybridized carbons (Fsp3) is 0.444. The maximum Gasteiger partial charge on any atom is 0.259 e. The van der Waals surface area contributed by atoms with Gasteiger partial charge in [-0.3, -0.25) is 14.0 Å². The van der Waals surface area contributed by atoms with Crippen LogP contribution in [0.15, 0.2) is 41.3 Å². The minimum atomic E-state index is -0.707. The first kappa shape index (κ1) is 26.1. The van der Waals surface area contributed by atoms with Crippen molar-refractivity contribution in [3.63, 3.8) is 0 Å². The zero-order chi connectivity index (χ0) is 27.0. The number of hydrogen-bond acceptors (Lipinski definition) is 7. The number of anilines is 2. The highest BCUT2D eigenvalue weighted by Crippen LogP contribution is 2.27. The predicted molar refractivity (Wildman–Crippen MR) is 141 cm³/mol. The molecule has 0 saturated carbocycles. The SMILES string of the molecule is C[C@@H](Nc1cc(F)cc(F)c1)c1cc(C(=O)N2CCC(N(C)C)C2)cn2c(=O)cc(N3CCOCC3)nc12. The highest BCUT2D eigenvalue weighted by molar-refractivity contribution is 5.95. The minimum Gasteiger partial charge on any atom is -0.378 e. The quantitative estimate of drug-likeness (QED) is 0.529. The van der Waals surface area contributed by atoms with Gasteiger partial charge in [0.2, 0.25) is 0 Å². The molecule has 38 heavy (non-hydrogen) atoms. The maximum atomic E-state index is 13.9. The molecule has 1 aromatic carbocycles. The molecule has 2 atom stereocenters. The van der Waals surface area contributed by atoms with E-state index in [9.17, 15) is 18.4 Å².